The van der Waals surface area contributed by atoms with Crippen molar-refractivity contribution in [2.24, 2.45) is 11.7 Å². The molecule has 2 aliphatic heterocycles. The Kier molecular flexibility index (Phi) is 5.58. The number of hydrogen-bond donors (Lipinski definition) is 1. The van der Waals surface area contributed by atoms with Crippen LogP contribution in [0.3, 0.4) is 0 Å². The van der Waals surface area contributed by atoms with Gasteiger partial charge < -0.3 is 15.4 Å². The molecule has 0 aliphatic carbocycles. The Balaban J connectivity index is 0.00000192. The lowest BCUT2D eigenvalue weighted by atomic mass is 9.90. The van der Waals surface area contributed by atoms with Crippen molar-refractivity contribution < 1.29 is 9.53 Å². The first kappa shape index (κ1) is 18.1. The molecule has 2 aliphatic rings. The van der Waals surface area contributed by atoms with Crippen molar-refractivity contribution in [3.63, 3.8) is 0 Å². The van der Waals surface area contributed by atoms with Gasteiger partial charge in [-0.2, -0.15) is 0 Å². The van der Waals surface area contributed by atoms with Gasteiger partial charge in [-0.05, 0) is 62.3 Å². The zero-order chi connectivity index (χ0) is 15.9. The van der Waals surface area contributed by atoms with E-state index in [1.165, 1.54) is 11.1 Å². The van der Waals surface area contributed by atoms with Crippen molar-refractivity contribution in [1.82, 2.24) is 4.90 Å². The summed E-state index contributed by atoms with van der Waals surface area (Å²) in [5, 5.41) is 0. The molecule has 1 aromatic carbocycles. The molecule has 1 saturated heterocycles. The van der Waals surface area contributed by atoms with Gasteiger partial charge in [0.05, 0.1) is 0 Å². The van der Waals surface area contributed by atoms with Crippen LogP contribution < -0.4 is 10.5 Å². The minimum absolute atomic E-state index is 0. The first-order chi connectivity index (χ1) is 10.5. The smallest absolute Gasteiger partial charge is 0.263 e. The van der Waals surface area contributed by atoms with Gasteiger partial charge in [0.1, 0.15) is 5.75 Å². The number of carbonyl (C=O) groups is 1. The molecule has 0 aromatic heterocycles. The normalized spacial score (nSPS) is 22.1. The lowest BCUT2D eigenvalue weighted by Gasteiger charge is -2.34. The number of nitrogens with two attached hydrogens (primary N) is 1. The fraction of sp³-hybridized carbons (Fsp3) is 0.611. The van der Waals surface area contributed by atoms with E-state index in [1.807, 2.05) is 4.90 Å². The number of hydrogen-bond acceptors (Lipinski definition) is 3. The number of carbonyl (C=O) groups excluding carboxylic acids is 1. The molecule has 0 bridgehead atoms. The second-order valence-electron chi connectivity index (χ2n) is 6.88. The second kappa shape index (κ2) is 7.10. The molecular weight excluding hydrogens is 312 g/mol. The molecule has 128 valence electrons. The summed E-state index contributed by atoms with van der Waals surface area (Å²) in [6.07, 6.45) is 2.36. The van der Waals surface area contributed by atoms with Crippen LogP contribution in [0.5, 0.6) is 5.75 Å². The van der Waals surface area contributed by atoms with Gasteiger partial charge in [-0.3, -0.25) is 4.79 Å². The highest BCUT2D eigenvalue weighted by Gasteiger charge is 2.34. The van der Waals surface area contributed by atoms with Crippen LogP contribution in [0.2, 0.25) is 0 Å². The van der Waals surface area contributed by atoms with Crippen LogP contribution in [-0.2, 0) is 11.2 Å². The van der Waals surface area contributed by atoms with E-state index in [0.29, 0.717) is 12.3 Å². The first-order valence-electron chi connectivity index (χ1n) is 8.27. The number of amides is 1. The minimum atomic E-state index is -0.344. The molecule has 2 atom stereocenters. The standard InChI is InChI=1S/C18H26N2O2.ClH/c1-11-8-15-10-17(22-16(15)9-12(11)2)18(21)20-6-4-14(5-7-20)13(3)19;/h8-9,13-14,17H,4-7,10,19H2,1-3H3;1H. The predicted molar refractivity (Wildman–Crippen MR) is 94.2 cm³/mol. The van der Waals surface area contributed by atoms with E-state index in [9.17, 15) is 4.79 Å². The van der Waals surface area contributed by atoms with Crippen LogP contribution in [0.1, 0.15) is 36.5 Å². The number of ether oxygens (including phenoxy) is 1. The van der Waals surface area contributed by atoms with Crippen LogP contribution >= 0.6 is 12.4 Å². The average Bonchev–Trinajstić information content (AvgIpc) is 2.90. The average molecular weight is 339 g/mol. The van der Waals surface area contributed by atoms with Crippen molar-refractivity contribution in [2.75, 3.05) is 13.1 Å². The maximum Gasteiger partial charge on any atom is 0.263 e. The van der Waals surface area contributed by atoms with E-state index in [4.69, 9.17) is 10.5 Å². The lowest BCUT2D eigenvalue weighted by Crippen LogP contribution is -2.47. The quantitative estimate of drug-likeness (QED) is 0.901. The number of likely N-dealkylation sites (tertiary alicyclic amines) is 1. The highest BCUT2D eigenvalue weighted by Crippen LogP contribution is 2.32. The summed E-state index contributed by atoms with van der Waals surface area (Å²) in [7, 11) is 0. The molecule has 1 aromatic rings. The van der Waals surface area contributed by atoms with Crippen molar-refractivity contribution >= 4 is 18.3 Å². The molecule has 1 fully saturated rings. The molecule has 2 N–H and O–H groups in total. The van der Waals surface area contributed by atoms with Crippen LogP contribution in [0.25, 0.3) is 0 Å². The van der Waals surface area contributed by atoms with Gasteiger partial charge in [-0.25, -0.2) is 0 Å². The number of piperidine rings is 1. The Morgan fingerprint density at radius 3 is 2.48 bits per heavy atom. The highest BCUT2D eigenvalue weighted by molar-refractivity contribution is 5.85. The van der Waals surface area contributed by atoms with E-state index >= 15 is 0 Å². The van der Waals surface area contributed by atoms with Gasteiger partial charge >= 0.3 is 0 Å². The Bertz CT molecular complexity index is 550. The Morgan fingerprint density at radius 2 is 1.87 bits per heavy atom. The lowest BCUT2D eigenvalue weighted by molar-refractivity contribution is -0.139. The highest BCUT2D eigenvalue weighted by atomic mass is 35.5. The summed E-state index contributed by atoms with van der Waals surface area (Å²) in [6.45, 7) is 7.85. The SMILES string of the molecule is Cc1cc2c(cc1C)OC(C(=O)N1CCC(C(C)N)CC1)C2.Cl. The van der Waals surface area contributed by atoms with Gasteiger partial charge in [0.15, 0.2) is 6.10 Å². The summed E-state index contributed by atoms with van der Waals surface area (Å²) in [4.78, 5) is 14.6. The van der Waals surface area contributed by atoms with Crippen LogP contribution in [0, 0.1) is 19.8 Å². The van der Waals surface area contributed by atoms with Gasteiger partial charge in [0, 0.05) is 25.6 Å². The summed E-state index contributed by atoms with van der Waals surface area (Å²) in [6, 6.07) is 4.43. The molecule has 23 heavy (non-hydrogen) atoms. The molecule has 0 radical (unpaired) electrons. The van der Waals surface area contributed by atoms with Crippen molar-refractivity contribution in [3.8, 4) is 5.75 Å². The summed E-state index contributed by atoms with van der Waals surface area (Å²) < 4.78 is 5.92. The van der Waals surface area contributed by atoms with Crippen LogP contribution in [0.15, 0.2) is 12.1 Å². The number of nitrogens with zero attached hydrogens (tertiary/aromatic N) is 1. The predicted octanol–water partition coefficient (Wildman–Crippen LogP) is 2.61. The van der Waals surface area contributed by atoms with Crippen LogP contribution in [0.4, 0.5) is 0 Å². The van der Waals surface area contributed by atoms with Crippen molar-refractivity contribution in [2.45, 2.75) is 52.2 Å². The third-order valence-electron chi connectivity index (χ3n) is 5.22. The number of benzene rings is 1. The Hall–Kier alpha value is -1.26. The molecule has 0 spiro atoms. The number of aryl methyl sites for hydroxylation is 2. The van der Waals surface area contributed by atoms with E-state index in [1.54, 1.807) is 0 Å². The topological polar surface area (TPSA) is 55.6 Å². The maximum atomic E-state index is 12.7. The Labute approximate surface area is 144 Å². The van der Waals surface area contributed by atoms with Crippen LogP contribution in [-0.4, -0.2) is 36.0 Å². The zero-order valence-corrected chi connectivity index (χ0v) is 15.0. The van der Waals surface area contributed by atoms with Gasteiger partial charge in [0.2, 0.25) is 0 Å². The van der Waals surface area contributed by atoms with Gasteiger partial charge in [-0.15, -0.1) is 12.4 Å². The van der Waals surface area contributed by atoms with E-state index < -0.39 is 0 Å². The van der Waals surface area contributed by atoms with E-state index in [0.717, 1.165) is 37.2 Å². The molecule has 5 heteroatoms. The second-order valence-corrected chi connectivity index (χ2v) is 6.88. The number of halogens is 1. The molecule has 4 nitrogen and oxygen atoms in total. The van der Waals surface area contributed by atoms with E-state index in [2.05, 4.69) is 32.9 Å². The minimum Gasteiger partial charge on any atom is -0.480 e. The zero-order valence-electron chi connectivity index (χ0n) is 14.2. The molecule has 2 unspecified atom stereocenters. The van der Waals surface area contributed by atoms with Crippen molar-refractivity contribution in [3.05, 3.63) is 28.8 Å². The largest absolute Gasteiger partial charge is 0.480 e. The summed E-state index contributed by atoms with van der Waals surface area (Å²) in [5.41, 5.74) is 9.60. The summed E-state index contributed by atoms with van der Waals surface area (Å²) in [5.74, 6) is 1.55. The number of fused-ring (bicyclic) bond motifs is 1. The van der Waals surface area contributed by atoms with Gasteiger partial charge in [0.25, 0.3) is 5.91 Å². The molecule has 3 rings (SSSR count). The maximum absolute atomic E-state index is 12.7. The number of rotatable bonds is 2. The Morgan fingerprint density at radius 1 is 1.26 bits per heavy atom. The fourth-order valence-corrected chi connectivity index (χ4v) is 3.50. The third-order valence-corrected chi connectivity index (χ3v) is 5.22. The monoisotopic (exact) mass is 338 g/mol. The molecule has 0 saturated carbocycles. The molecular formula is C18H27ClN2O2. The van der Waals surface area contributed by atoms with E-state index in [-0.39, 0.29) is 30.5 Å². The molecule has 2 heterocycles. The van der Waals surface area contributed by atoms with Crippen molar-refractivity contribution in [1.29, 1.82) is 0 Å². The first-order valence-corrected chi connectivity index (χ1v) is 8.27. The molecule has 1 amide bonds. The summed E-state index contributed by atoms with van der Waals surface area (Å²) >= 11 is 0. The van der Waals surface area contributed by atoms with Gasteiger partial charge in [-0.1, -0.05) is 6.07 Å². The fourth-order valence-electron chi connectivity index (χ4n) is 3.50. The third kappa shape index (κ3) is 3.64.